The van der Waals surface area contributed by atoms with Gasteiger partial charge in [0.25, 0.3) is 0 Å². The van der Waals surface area contributed by atoms with Crippen LogP contribution in [0.4, 0.5) is 4.79 Å². The van der Waals surface area contributed by atoms with Gasteiger partial charge in [0.15, 0.2) is 0 Å². The Balaban J connectivity index is 3.67. The highest BCUT2D eigenvalue weighted by molar-refractivity contribution is 5.94. The van der Waals surface area contributed by atoms with Gasteiger partial charge in [0.05, 0.1) is 6.42 Å². The fraction of sp³-hybridized carbons (Fsp3) is 0.643. The summed E-state index contributed by atoms with van der Waals surface area (Å²) in [6, 6.07) is 1.61. The molecule has 1 aromatic carbocycles. The number of amides is 4. The van der Waals surface area contributed by atoms with Crippen molar-refractivity contribution in [3.8, 4) is 5.75 Å². The van der Waals surface area contributed by atoms with Crippen molar-refractivity contribution in [3.05, 3.63) is 29.3 Å². The van der Waals surface area contributed by atoms with E-state index in [-0.39, 0.29) is 11.8 Å². The van der Waals surface area contributed by atoms with Crippen LogP contribution in [0.2, 0.25) is 0 Å². The lowest BCUT2D eigenvalue weighted by Gasteiger charge is -2.39. The Morgan fingerprint density at radius 2 is 1.63 bits per heavy atom. The number of rotatable bonds is 12. The van der Waals surface area contributed by atoms with Gasteiger partial charge < -0.3 is 31.1 Å². The number of nitrogens with zero attached hydrogens (tertiary/aromatic N) is 1. The number of aryl methyl sites for hydroxylation is 1. The van der Waals surface area contributed by atoms with Crippen molar-refractivity contribution in [2.24, 2.45) is 11.7 Å². The molecule has 1 rings (SSSR count). The second-order valence-electron chi connectivity index (χ2n) is 11.5. The molecule has 0 aliphatic rings. The summed E-state index contributed by atoms with van der Waals surface area (Å²) in [5, 5.41) is 15.5. The smallest absolute Gasteiger partial charge is 0.408 e. The van der Waals surface area contributed by atoms with E-state index >= 15 is 0 Å². The van der Waals surface area contributed by atoms with Crippen molar-refractivity contribution in [2.75, 3.05) is 0 Å². The van der Waals surface area contributed by atoms with Gasteiger partial charge in [-0.25, -0.2) is 4.79 Å². The molecule has 10 nitrogen and oxygen atoms in total. The molecule has 4 amide bonds. The molecule has 3 atom stereocenters. The third kappa shape index (κ3) is 10.6. The minimum atomic E-state index is -1.35. The Bertz CT molecular complexity index is 986. The van der Waals surface area contributed by atoms with E-state index in [2.05, 4.69) is 24.5 Å². The first-order valence-electron chi connectivity index (χ1n) is 13.1. The van der Waals surface area contributed by atoms with E-state index in [0.717, 1.165) is 6.42 Å². The van der Waals surface area contributed by atoms with E-state index in [0.29, 0.717) is 23.5 Å². The maximum atomic E-state index is 14.1. The standard InChI is InChI=1S/C28H46N4O6/c1-16(2)10-11-19(6)32(26(36)21(15-23(29)34)31-27(37)38-28(7,8)9)24(25(35)30-17(3)4)20-12-13-22(33)18(5)14-20/h12-14,16-17,19,21,24,33H,10-11,15H2,1-9H3,(H2,29,34)(H,30,35)(H,31,37). The van der Waals surface area contributed by atoms with Gasteiger partial charge in [-0.1, -0.05) is 19.9 Å². The number of phenolic OH excluding ortho intramolecular Hbond substituents is 1. The Hall–Kier alpha value is -3.30. The number of ether oxygens (including phenoxy) is 1. The van der Waals surface area contributed by atoms with Crippen LogP contribution in [0, 0.1) is 12.8 Å². The van der Waals surface area contributed by atoms with Crippen LogP contribution < -0.4 is 16.4 Å². The molecule has 10 heteroatoms. The third-order valence-electron chi connectivity index (χ3n) is 5.78. The Kier molecular flexibility index (Phi) is 12.1. The number of nitrogens with two attached hydrogens (primary N) is 1. The molecule has 38 heavy (non-hydrogen) atoms. The number of phenols is 1. The second-order valence-corrected chi connectivity index (χ2v) is 11.5. The number of benzene rings is 1. The fourth-order valence-corrected chi connectivity index (χ4v) is 3.99. The molecule has 0 aliphatic heterocycles. The normalized spacial score (nSPS) is 14.0. The van der Waals surface area contributed by atoms with Crippen LogP contribution in [0.5, 0.6) is 5.75 Å². The summed E-state index contributed by atoms with van der Waals surface area (Å²) in [5.74, 6) is -1.46. The molecular weight excluding hydrogens is 488 g/mol. The van der Waals surface area contributed by atoms with Gasteiger partial charge in [0, 0.05) is 12.1 Å². The summed E-state index contributed by atoms with van der Waals surface area (Å²) in [5.41, 5.74) is 5.63. The third-order valence-corrected chi connectivity index (χ3v) is 5.78. The zero-order valence-electron chi connectivity index (χ0n) is 24.3. The predicted octanol–water partition coefficient (Wildman–Crippen LogP) is 3.69. The van der Waals surface area contributed by atoms with Gasteiger partial charge in [-0.2, -0.15) is 0 Å². The summed E-state index contributed by atoms with van der Waals surface area (Å²) < 4.78 is 5.31. The first-order valence-corrected chi connectivity index (χ1v) is 13.1. The van der Waals surface area contributed by atoms with Gasteiger partial charge in [0.2, 0.25) is 17.7 Å². The topological polar surface area (TPSA) is 151 Å². The molecule has 0 radical (unpaired) electrons. The largest absolute Gasteiger partial charge is 0.508 e. The number of primary amides is 1. The van der Waals surface area contributed by atoms with Gasteiger partial charge >= 0.3 is 6.09 Å². The second kappa shape index (κ2) is 14.0. The van der Waals surface area contributed by atoms with Gasteiger partial charge in [-0.3, -0.25) is 14.4 Å². The summed E-state index contributed by atoms with van der Waals surface area (Å²) >= 11 is 0. The molecular formula is C28H46N4O6. The molecule has 0 bridgehead atoms. The van der Waals surface area contributed by atoms with Crippen LogP contribution >= 0.6 is 0 Å². The van der Waals surface area contributed by atoms with Crippen LogP contribution in [0.1, 0.15) is 91.8 Å². The minimum Gasteiger partial charge on any atom is -0.508 e. The Morgan fingerprint density at radius 3 is 2.11 bits per heavy atom. The van der Waals surface area contributed by atoms with E-state index < -0.39 is 54.0 Å². The van der Waals surface area contributed by atoms with E-state index in [1.807, 2.05) is 20.8 Å². The molecule has 0 saturated carbocycles. The summed E-state index contributed by atoms with van der Waals surface area (Å²) in [7, 11) is 0. The lowest BCUT2D eigenvalue weighted by molar-refractivity contribution is -0.146. The van der Waals surface area contributed by atoms with Crippen molar-refractivity contribution >= 4 is 23.8 Å². The minimum absolute atomic E-state index is 0.0562. The quantitative estimate of drug-likeness (QED) is 0.321. The average molecular weight is 535 g/mol. The zero-order chi connectivity index (χ0) is 29.4. The summed E-state index contributed by atoms with van der Waals surface area (Å²) in [4.78, 5) is 53.7. The molecule has 0 aliphatic carbocycles. The maximum absolute atomic E-state index is 14.1. The predicted molar refractivity (Wildman–Crippen MR) is 146 cm³/mol. The number of alkyl carbamates (subject to hydrolysis) is 1. The molecule has 0 heterocycles. The number of carbonyl (C=O) groups is 4. The van der Waals surface area contributed by atoms with Gasteiger partial charge in [0.1, 0.15) is 23.4 Å². The van der Waals surface area contributed by atoms with Crippen molar-refractivity contribution in [2.45, 2.75) is 111 Å². The highest BCUT2D eigenvalue weighted by atomic mass is 16.6. The van der Waals surface area contributed by atoms with E-state index in [1.54, 1.807) is 39.8 Å². The lowest BCUT2D eigenvalue weighted by atomic mass is 9.95. The number of carbonyl (C=O) groups excluding carboxylic acids is 4. The molecule has 1 aromatic rings. The molecule has 3 unspecified atom stereocenters. The van der Waals surface area contributed by atoms with E-state index in [4.69, 9.17) is 10.5 Å². The fourth-order valence-electron chi connectivity index (χ4n) is 3.99. The number of hydrogen-bond donors (Lipinski definition) is 4. The number of aromatic hydroxyl groups is 1. The maximum Gasteiger partial charge on any atom is 0.408 e. The van der Waals surface area contributed by atoms with E-state index in [9.17, 15) is 24.3 Å². The van der Waals surface area contributed by atoms with Gasteiger partial charge in [-0.05, 0) is 90.5 Å². The van der Waals surface area contributed by atoms with Crippen LogP contribution in [-0.4, -0.2) is 57.5 Å². The van der Waals surface area contributed by atoms with Crippen LogP contribution in [0.3, 0.4) is 0 Å². The average Bonchev–Trinajstić information content (AvgIpc) is 2.74. The molecule has 214 valence electrons. The highest BCUT2D eigenvalue weighted by Gasteiger charge is 2.39. The molecule has 0 fully saturated rings. The molecule has 0 spiro atoms. The van der Waals surface area contributed by atoms with E-state index in [1.165, 1.54) is 11.0 Å². The van der Waals surface area contributed by atoms with Crippen LogP contribution in [0.15, 0.2) is 18.2 Å². The number of hydrogen-bond acceptors (Lipinski definition) is 6. The van der Waals surface area contributed by atoms with Crippen molar-refractivity contribution in [1.29, 1.82) is 0 Å². The Morgan fingerprint density at radius 1 is 1.03 bits per heavy atom. The molecule has 0 aromatic heterocycles. The van der Waals surface area contributed by atoms with Crippen LogP contribution in [0.25, 0.3) is 0 Å². The molecule has 0 saturated heterocycles. The highest BCUT2D eigenvalue weighted by Crippen LogP contribution is 2.30. The SMILES string of the molecule is Cc1cc(C(C(=O)NC(C)C)N(C(=O)C(CC(N)=O)NC(=O)OC(C)(C)C)C(C)CCC(C)C)ccc1O. The van der Waals surface area contributed by atoms with Crippen molar-refractivity contribution in [1.82, 2.24) is 15.5 Å². The Labute approximate surface area is 226 Å². The van der Waals surface area contributed by atoms with Crippen molar-refractivity contribution in [3.63, 3.8) is 0 Å². The van der Waals surface area contributed by atoms with Gasteiger partial charge in [-0.15, -0.1) is 0 Å². The first kappa shape index (κ1) is 32.7. The monoisotopic (exact) mass is 534 g/mol. The summed E-state index contributed by atoms with van der Waals surface area (Å²) in [6.07, 6.45) is -0.00580. The zero-order valence-corrected chi connectivity index (χ0v) is 24.3. The lowest BCUT2D eigenvalue weighted by Crippen LogP contribution is -2.56. The molecule has 5 N–H and O–H groups in total. The summed E-state index contributed by atoms with van der Waals surface area (Å²) in [6.45, 7) is 16.3. The van der Waals surface area contributed by atoms with Crippen molar-refractivity contribution < 1.29 is 29.0 Å². The van der Waals surface area contributed by atoms with Crippen LogP contribution in [-0.2, 0) is 19.1 Å². The first-order chi connectivity index (χ1) is 17.4. The number of nitrogens with one attached hydrogen (secondary N) is 2.